The van der Waals surface area contributed by atoms with Crippen LogP contribution in [-0.2, 0) is 0 Å². The molecular weight excluding hydrogens is 633 g/mol. The molecule has 0 bridgehead atoms. The van der Waals surface area contributed by atoms with Gasteiger partial charge in [0, 0.05) is 45.5 Å². The van der Waals surface area contributed by atoms with Gasteiger partial charge >= 0.3 is 0 Å². The van der Waals surface area contributed by atoms with Gasteiger partial charge in [0.05, 0.1) is 17.1 Å². The van der Waals surface area contributed by atoms with E-state index in [1.54, 1.807) is 0 Å². The number of para-hydroxylation sites is 6. The standard InChI is InChI=1S/C48H38N4/c1-7-20-38(21-8-1)49-39-22-19-33-45(34-39)52(44-31-17-6-18-32-44)48-36-46(50(40-23-9-2-10-24-40)41-25-11-3-12-26-41)35-47(37-48)51(42-27-13-4-14-28-42)43-29-15-5-16-30-43/h1-37,49H. The molecule has 8 aromatic rings. The Balaban J connectivity index is 1.38. The fourth-order valence-electron chi connectivity index (χ4n) is 6.60. The molecule has 8 rings (SSSR count). The Kier molecular flexibility index (Phi) is 9.43. The Hall–Kier alpha value is -7.04. The molecule has 8 aromatic carbocycles. The number of nitrogens with zero attached hydrogens (tertiary/aromatic N) is 3. The normalized spacial score (nSPS) is 10.7. The molecule has 0 aliphatic rings. The van der Waals surface area contributed by atoms with Gasteiger partial charge in [-0.05, 0) is 109 Å². The number of nitrogens with one attached hydrogen (secondary N) is 1. The second-order valence-corrected chi connectivity index (χ2v) is 12.4. The number of rotatable bonds is 11. The summed E-state index contributed by atoms with van der Waals surface area (Å²) in [5, 5.41) is 3.60. The second-order valence-electron chi connectivity index (χ2n) is 12.4. The van der Waals surface area contributed by atoms with Crippen LogP contribution >= 0.6 is 0 Å². The minimum atomic E-state index is 1.01. The fourth-order valence-corrected chi connectivity index (χ4v) is 6.60. The maximum atomic E-state index is 3.60. The van der Waals surface area contributed by atoms with E-state index >= 15 is 0 Å². The van der Waals surface area contributed by atoms with Crippen molar-refractivity contribution in [3.8, 4) is 0 Å². The van der Waals surface area contributed by atoms with Gasteiger partial charge in [0.2, 0.25) is 0 Å². The molecule has 0 aromatic heterocycles. The van der Waals surface area contributed by atoms with Crippen molar-refractivity contribution >= 4 is 62.6 Å². The fraction of sp³-hybridized carbons (Fsp3) is 0. The van der Waals surface area contributed by atoms with Gasteiger partial charge in [-0.1, -0.05) is 115 Å². The van der Waals surface area contributed by atoms with Crippen LogP contribution in [0.5, 0.6) is 0 Å². The summed E-state index contributed by atoms with van der Waals surface area (Å²) in [5.41, 5.74) is 11.5. The zero-order valence-electron chi connectivity index (χ0n) is 28.7. The summed E-state index contributed by atoms with van der Waals surface area (Å²) in [6.07, 6.45) is 0. The minimum Gasteiger partial charge on any atom is -0.355 e. The van der Waals surface area contributed by atoms with E-state index in [-0.39, 0.29) is 0 Å². The van der Waals surface area contributed by atoms with E-state index in [0.29, 0.717) is 0 Å². The third-order valence-corrected chi connectivity index (χ3v) is 8.90. The monoisotopic (exact) mass is 670 g/mol. The predicted molar refractivity (Wildman–Crippen MR) is 220 cm³/mol. The highest BCUT2D eigenvalue weighted by Crippen LogP contribution is 2.46. The number of anilines is 11. The summed E-state index contributed by atoms with van der Waals surface area (Å²) in [5.74, 6) is 0. The van der Waals surface area contributed by atoms with E-state index in [9.17, 15) is 0 Å². The lowest BCUT2D eigenvalue weighted by atomic mass is 10.1. The van der Waals surface area contributed by atoms with Crippen molar-refractivity contribution in [3.63, 3.8) is 0 Å². The van der Waals surface area contributed by atoms with Crippen LogP contribution in [0.15, 0.2) is 224 Å². The second kappa shape index (κ2) is 15.2. The zero-order valence-corrected chi connectivity index (χ0v) is 28.7. The average Bonchev–Trinajstić information content (AvgIpc) is 3.21. The van der Waals surface area contributed by atoms with Crippen LogP contribution in [-0.4, -0.2) is 0 Å². The first-order chi connectivity index (χ1) is 25.8. The molecular formula is C48H38N4. The Morgan fingerprint density at radius 2 is 0.481 bits per heavy atom. The minimum absolute atomic E-state index is 1.01. The Labute approximate surface area is 306 Å². The van der Waals surface area contributed by atoms with Gasteiger partial charge < -0.3 is 20.0 Å². The van der Waals surface area contributed by atoms with Gasteiger partial charge in [0.15, 0.2) is 0 Å². The van der Waals surface area contributed by atoms with Crippen molar-refractivity contribution in [2.75, 3.05) is 20.0 Å². The highest BCUT2D eigenvalue weighted by Gasteiger charge is 2.22. The third kappa shape index (κ3) is 7.14. The molecule has 0 radical (unpaired) electrons. The number of benzene rings is 8. The van der Waals surface area contributed by atoms with E-state index < -0.39 is 0 Å². The Bertz CT molecular complexity index is 2140. The van der Waals surface area contributed by atoms with Crippen molar-refractivity contribution in [1.82, 2.24) is 0 Å². The van der Waals surface area contributed by atoms with Crippen molar-refractivity contribution in [1.29, 1.82) is 0 Å². The SMILES string of the molecule is c1ccc(Nc2cccc(N(c3ccccc3)c3cc(N(c4ccccc4)c4ccccc4)cc(N(c4ccccc4)c4ccccc4)c3)c2)cc1. The molecule has 0 saturated carbocycles. The van der Waals surface area contributed by atoms with E-state index in [2.05, 4.69) is 226 Å². The van der Waals surface area contributed by atoms with E-state index in [0.717, 1.165) is 62.6 Å². The van der Waals surface area contributed by atoms with E-state index in [1.165, 1.54) is 0 Å². The van der Waals surface area contributed by atoms with Crippen LogP contribution in [0.2, 0.25) is 0 Å². The van der Waals surface area contributed by atoms with Crippen molar-refractivity contribution < 1.29 is 0 Å². The smallest absolute Gasteiger partial charge is 0.0503 e. The van der Waals surface area contributed by atoms with Gasteiger partial charge in [-0.15, -0.1) is 0 Å². The summed E-state index contributed by atoms with van der Waals surface area (Å²) >= 11 is 0. The lowest BCUT2D eigenvalue weighted by Gasteiger charge is -2.33. The molecule has 0 aliphatic carbocycles. The molecule has 250 valence electrons. The first-order valence-electron chi connectivity index (χ1n) is 17.5. The lowest BCUT2D eigenvalue weighted by molar-refractivity contribution is 1.22. The first-order valence-corrected chi connectivity index (χ1v) is 17.5. The molecule has 52 heavy (non-hydrogen) atoms. The molecule has 0 aliphatic heterocycles. The summed E-state index contributed by atoms with van der Waals surface area (Å²) < 4.78 is 0. The molecule has 0 atom stereocenters. The topological polar surface area (TPSA) is 21.8 Å². The number of hydrogen-bond acceptors (Lipinski definition) is 4. The first kappa shape index (κ1) is 32.2. The van der Waals surface area contributed by atoms with Gasteiger partial charge in [0.25, 0.3) is 0 Å². The van der Waals surface area contributed by atoms with Gasteiger partial charge in [-0.25, -0.2) is 0 Å². The molecule has 0 unspecified atom stereocenters. The van der Waals surface area contributed by atoms with Crippen molar-refractivity contribution in [2.24, 2.45) is 0 Å². The summed E-state index contributed by atoms with van der Waals surface area (Å²) in [6.45, 7) is 0. The quantitative estimate of drug-likeness (QED) is 0.148. The van der Waals surface area contributed by atoms with Crippen LogP contribution in [0.4, 0.5) is 62.6 Å². The Morgan fingerprint density at radius 3 is 0.827 bits per heavy atom. The Morgan fingerprint density at radius 1 is 0.212 bits per heavy atom. The lowest BCUT2D eigenvalue weighted by Crippen LogP contribution is -2.16. The molecule has 4 heteroatoms. The maximum absolute atomic E-state index is 3.60. The highest BCUT2D eigenvalue weighted by atomic mass is 15.2. The van der Waals surface area contributed by atoms with Crippen molar-refractivity contribution in [2.45, 2.75) is 0 Å². The molecule has 0 spiro atoms. The highest BCUT2D eigenvalue weighted by molar-refractivity contribution is 5.89. The third-order valence-electron chi connectivity index (χ3n) is 8.90. The van der Waals surface area contributed by atoms with Crippen LogP contribution in [0.3, 0.4) is 0 Å². The van der Waals surface area contributed by atoms with Gasteiger partial charge in [-0.2, -0.15) is 0 Å². The molecule has 0 heterocycles. The van der Waals surface area contributed by atoms with E-state index in [4.69, 9.17) is 0 Å². The summed E-state index contributed by atoms with van der Waals surface area (Å²) in [7, 11) is 0. The average molecular weight is 671 g/mol. The van der Waals surface area contributed by atoms with Gasteiger partial charge in [-0.3, -0.25) is 0 Å². The molecule has 0 saturated heterocycles. The molecule has 4 nitrogen and oxygen atoms in total. The zero-order chi connectivity index (χ0) is 35.0. The van der Waals surface area contributed by atoms with E-state index in [1.807, 2.05) is 18.2 Å². The van der Waals surface area contributed by atoms with Crippen LogP contribution in [0.1, 0.15) is 0 Å². The largest absolute Gasteiger partial charge is 0.355 e. The van der Waals surface area contributed by atoms with Crippen LogP contribution in [0.25, 0.3) is 0 Å². The molecule has 0 amide bonds. The predicted octanol–water partition coefficient (Wildman–Crippen LogP) is 13.8. The van der Waals surface area contributed by atoms with Gasteiger partial charge in [0.1, 0.15) is 0 Å². The summed E-state index contributed by atoms with van der Waals surface area (Å²) in [4.78, 5) is 7.00. The maximum Gasteiger partial charge on any atom is 0.0503 e. The molecule has 0 fully saturated rings. The number of hydrogen-bond donors (Lipinski definition) is 1. The van der Waals surface area contributed by atoms with Crippen molar-refractivity contribution in [3.05, 3.63) is 224 Å². The summed E-state index contributed by atoms with van der Waals surface area (Å²) in [6, 6.07) is 78.7. The van der Waals surface area contributed by atoms with Crippen LogP contribution < -0.4 is 20.0 Å². The molecule has 1 N–H and O–H groups in total. The van der Waals surface area contributed by atoms with Crippen LogP contribution in [0, 0.1) is 0 Å².